The van der Waals surface area contributed by atoms with E-state index in [1.165, 1.54) is 24.6 Å². The molecule has 3 heteroatoms. The molecule has 1 aromatic carbocycles. The lowest BCUT2D eigenvalue weighted by atomic mass is 9.82. The summed E-state index contributed by atoms with van der Waals surface area (Å²) in [5.41, 5.74) is 8.60. The maximum atomic E-state index is 6.47. The van der Waals surface area contributed by atoms with Crippen molar-refractivity contribution in [3.05, 3.63) is 36.5 Å². The van der Waals surface area contributed by atoms with Crippen LogP contribution in [0.1, 0.15) is 32.1 Å². The van der Waals surface area contributed by atoms with E-state index in [4.69, 9.17) is 5.73 Å². The Morgan fingerprint density at radius 1 is 1.11 bits per heavy atom. The van der Waals surface area contributed by atoms with Gasteiger partial charge in [0.25, 0.3) is 0 Å². The molecule has 100 valence electrons. The lowest BCUT2D eigenvalue weighted by molar-refractivity contribution is 0.311. The minimum absolute atomic E-state index is 0.0391. The third-order valence-corrected chi connectivity index (χ3v) is 4.13. The molecular weight excluding hydrogens is 234 g/mol. The van der Waals surface area contributed by atoms with Crippen LogP contribution in [0, 0.1) is 0 Å². The average molecular weight is 255 g/mol. The number of para-hydroxylation sites is 1. The molecule has 0 bridgehead atoms. The van der Waals surface area contributed by atoms with Crippen LogP contribution < -0.4 is 11.1 Å². The molecule has 1 aliphatic rings. The Morgan fingerprint density at radius 3 is 2.74 bits per heavy atom. The molecule has 0 unspecified atom stereocenters. The molecular formula is C16H21N3. The number of benzene rings is 1. The van der Waals surface area contributed by atoms with Crippen molar-refractivity contribution >= 4 is 16.6 Å². The van der Waals surface area contributed by atoms with Gasteiger partial charge in [-0.05, 0) is 25.0 Å². The van der Waals surface area contributed by atoms with Crippen LogP contribution in [0.4, 0.5) is 5.69 Å². The van der Waals surface area contributed by atoms with E-state index in [1.807, 2.05) is 30.5 Å². The highest BCUT2D eigenvalue weighted by Gasteiger charge is 2.27. The summed E-state index contributed by atoms with van der Waals surface area (Å²) >= 11 is 0. The zero-order chi connectivity index (χ0) is 13.1. The van der Waals surface area contributed by atoms with E-state index in [9.17, 15) is 0 Å². The van der Waals surface area contributed by atoms with Crippen molar-refractivity contribution in [2.75, 3.05) is 11.9 Å². The minimum atomic E-state index is -0.0391. The fourth-order valence-corrected chi connectivity index (χ4v) is 2.95. The minimum Gasteiger partial charge on any atom is -0.383 e. The number of hydrogen-bond acceptors (Lipinski definition) is 3. The molecule has 0 spiro atoms. The number of nitrogens with zero attached hydrogens (tertiary/aromatic N) is 1. The van der Waals surface area contributed by atoms with Crippen LogP contribution in [0.3, 0.4) is 0 Å². The molecule has 1 fully saturated rings. The Kier molecular flexibility index (Phi) is 3.38. The van der Waals surface area contributed by atoms with Crippen LogP contribution in [0.15, 0.2) is 36.5 Å². The number of rotatable bonds is 3. The lowest BCUT2D eigenvalue weighted by Crippen LogP contribution is -2.47. The lowest BCUT2D eigenvalue weighted by Gasteiger charge is -2.34. The molecule has 0 saturated heterocycles. The summed E-state index contributed by atoms with van der Waals surface area (Å²) in [7, 11) is 0. The molecule has 1 heterocycles. The normalized spacial score (nSPS) is 18.4. The van der Waals surface area contributed by atoms with Crippen molar-refractivity contribution < 1.29 is 0 Å². The predicted octanol–water partition coefficient (Wildman–Crippen LogP) is 3.31. The topological polar surface area (TPSA) is 50.9 Å². The molecule has 1 aliphatic carbocycles. The number of hydrogen-bond donors (Lipinski definition) is 2. The van der Waals surface area contributed by atoms with Crippen LogP contribution in [0.2, 0.25) is 0 Å². The van der Waals surface area contributed by atoms with Crippen molar-refractivity contribution in [2.24, 2.45) is 5.73 Å². The van der Waals surface area contributed by atoms with Gasteiger partial charge in [0.05, 0.1) is 5.52 Å². The summed E-state index contributed by atoms with van der Waals surface area (Å²) in [6.07, 6.45) is 7.96. The molecule has 3 rings (SSSR count). The predicted molar refractivity (Wildman–Crippen MR) is 80.2 cm³/mol. The number of anilines is 1. The van der Waals surface area contributed by atoms with Gasteiger partial charge in [-0.15, -0.1) is 0 Å². The van der Waals surface area contributed by atoms with E-state index in [-0.39, 0.29) is 5.54 Å². The third kappa shape index (κ3) is 2.71. The maximum absolute atomic E-state index is 6.47. The van der Waals surface area contributed by atoms with Gasteiger partial charge in [-0.25, -0.2) is 0 Å². The average Bonchev–Trinajstić information content (AvgIpc) is 2.46. The second-order valence-corrected chi connectivity index (χ2v) is 5.65. The molecule has 0 amide bonds. The standard InChI is InChI=1S/C16H21N3/c17-16(9-4-1-5-10-16)12-19-15-8-11-18-14-7-3-2-6-13(14)15/h2-3,6-8,11H,1,4-5,9-10,12,17H2,(H,18,19). The van der Waals surface area contributed by atoms with E-state index >= 15 is 0 Å². The third-order valence-electron chi connectivity index (χ3n) is 4.13. The first-order valence-electron chi connectivity index (χ1n) is 7.13. The highest BCUT2D eigenvalue weighted by atomic mass is 14.9. The van der Waals surface area contributed by atoms with Crippen molar-refractivity contribution in [3.8, 4) is 0 Å². The highest BCUT2D eigenvalue weighted by Crippen LogP contribution is 2.27. The van der Waals surface area contributed by atoms with Gasteiger partial charge in [-0.2, -0.15) is 0 Å². The van der Waals surface area contributed by atoms with Gasteiger partial charge in [0.1, 0.15) is 0 Å². The van der Waals surface area contributed by atoms with Gasteiger partial charge in [0.2, 0.25) is 0 Å². The van der Waals surface area contributed by atoms with Gasteiger partial charge in [0, 0.05) is 29.4 Å². The Morgan fingerprint density at radius 2 is 1.89 bits per heavy atom. The number of fused-ring (bicyclic) bond motifs is 1. The van der Waals surface area contributed by atoms with Crippen LogP contribution in [0.25, 0.3) is 10.9 Å². The SMILES string of the molecule is NC1(CNc2ccnc3ccccc23)CCCCC1. The van der Waals surface area contributed by atoms with Crippen LogP contribution >= 0.6 is 0 Å². The summed E-state index contributed by atoms with van der Waals surface area (Å²) in [5.74, 6) is 0. The Balaban J connectivity index is 1.78. The quantitative estimate of drug-likeness (QED) is 0.884. The van der Waals surface area contributed by atoms with E-state index < -0.39 is 0 Å². The summed E-state index contributed by atoms with van der Waals surface area (Å²) < 4.78 is 0. The number of nitrogens with one attached hydrogen (secondary N) is 1. The molecule has 0 radical (unpaired) electrons. The largest absolute Gasteiger partial charge is 0.383 e. The first-order chi connectivity index (χ1) is 9.27. The van der Waals surface area contributed by atoms with E-state index in [0.29, 0.717) is 0 Å². The smallest absolute Gasteiger partial charge is 0.0722 e. The zero-order valence-corrected chi connectivity index (χ0v) is 11.2. The number of nitrogens with two attached hydrogens (primary N) is 1. The van der Waals surface area contributed by atoms with Crippen molar-refractivity contribution in [3.63, 3.8) is 0 Å². The summed E-state index contributed by atoms with van der Waals surface area (Å²) in [6, 6.07) is 10.3. The Labute approximate surface area is 114 Å². The summed E-state index contributed by atoms with van der Waals surface area (Å²) in [4.78, 5) is 4.38. The molecule has 3 nitrogen and oxygen atoms in total. The van der Waals surface area contributed by atoms with Crippen LogP contribution in [-0.2, 0) is 0 Å². The van der Waals surface area contributed by atoms with E-state index in [0.717, 1.165) is 30.6 Å². The van der Waals surface area contributed by atoms with Crippen molar-refractivity contribution in [1.82, 2.24) is 4.98 Å². The fourth-order valence-electron chi connectivity index (χ4n) is 2.95. The number of aromatic nitrogens is 1. The van der Waals surface area contributed by atoms with Crippen molar-refractivity contribution in [2.45, 2.75) is 37.6 Å². The van der Waals surface area contributed by atoms with E-state index in [1.54, 1.807) is 0 Å². The summed E-state index contributed by atoms with van der Waals surface area (Å²) in [6.45, 7) is 0.848. The zero-order valence-electron chi connectivity index (χ0n) is 11.2. The number of pyridine rings is 1. The molecule has 0 atom stereocenters. The molecule has 0 aliphatic heterocycles. The van der Waals surface area contributed by atoms with Gasteiger partial charge >= 0.3 is 0 Å². The summed E-state index contributed by atoms with van der Waals surface area (Å²) in [5, 5.41) is 4.70. The Hall–Kier alpha value is -1.61. The molecule has 1 aromatic heterocycles. The first-order valence-corrected chi connectivity index (χ1v) is 7.13. The second-order valence-electron chi connectivity index (χ2n) is 5.65. The second kappa shape index (κ2) is 5.17. The molecule has 2 aromatic rings. The highest BCUT2D eigenvalue weighted by molar-refractivity contribution is 5.90. The monoisotopic (exact) mass is 255 g/mol. The molecule has 1 saturated carbocycles. The Bertz CT molecular complexity index is 553. The first kappa shape index (κ1) is 12.4. The van der Waals surface area contributed by atoms with E-state index in [2.05, 4.69) is 16.4 Å². The fraction of sp³-hybridized carbons (Fsp3) is 0.438. The van der Waals surface area contributed by atoms with Gasteiger partial charge < -0.3 is 11.1 Å². The maximum Gasteiger partial charge on any atom is 0.0722 e. The van der Waals surface area contributed by atoms with Gasteiger partial charge in [-0.3, -0.25) is 4.98 Å². The van der Waals surface area contributed by atoms with Crippen LogP contribution in [-0.4, -0.2) is 17.1 Å². The molecule has 3 N–H and O–H groups in total. The van der Waals surface area contributed by atoms with Gasteiger partial charge in [0.15, 0.2) is 0 Å². The molecule has 19 heavy (non-hydrogen) atoms. The van der Waals surface area contributed by atoms with Crippen molar-refractivity contribution in [1.29, 1.82) is 0 Å². The van der Waals surface area contributed by atoms with Crippen LogP contribution in [0.5, 0.6) is 0 Å². The van der Waals surface area contributed by atoms with Gasteiger partial charge in [-0.1, -0.05) is 37.5 Å².